The SMILES string of the molecule is CCCCNS(=O)(=O)c1ccc2c(c1)S(=O)(=O)c1cc3c(cc1-2)-c1ccc(S(=O)(=O)NCCCC)cc1S3(=O)=O. The van der Waals surface area contributed by atoms with Crippen molar-refractivity contribution in [3.63, 3.8) is 0 Å². The molecule has 0 aliphatic carbocycles. The third-order valence-corrected chi connectivity index (χ3v) is 13.6. The predicted octanol–water partition coefficient (Wildman–Crippen LogP) is 3.47. The second-order valence-corrected chi connectivity index (χ2v) is 17.0. The Labute approximate surface area is 234 Å². The van der Waals surface area contributed by atoms with Gasteiger partial charge in [0, 0.05) is 35.3 Å². The van der Waals surface area contributed by atoms with E-state index in [1.807, 2.05) is 13.8 Å². The van der Waals surface area contributed by atoms with E-state index < -0.39 is 39.7 Å². The standard InChI is InChI=1S/C26H28N2O8S4/c1-3-5-11-27-39(33,34)17-7-9-19-21-15-22-20-10-8-18(40(35,36)28-12-6-4-2)14-24(20)38(31,32)26(22)16-25(21)37(29,30)23(19)13-17/h7-10,13-16,27-28H,3-6,11-12H2,1-2H3. The van der Waals surface area contributed by atoms with Crippen molar-refractivity contribution in [1.82, 2.24) is 9.44 Å². The molecule has 14 heteroatoms. The van der Waals surface area contributed by atoms with Crippen molar-refractivity contribution in [2.45, 2.75) is 68.9 Å². The summed E-state index contributed by atoms with van der Waals surface area (Å²) >= 11 is 0. The Morgan fingerprint density at radius 3 is 1.30 bits per heavy atom. The molecule has 2 aliphatic rings. The van der Waals surface area contributed by atoms with Crippen molar-refractivity contribution < 1.29 is 33.7 Å². The van der Waals surface area contributed by atoms with E-state index in [0.29, 0.717) is 12.8 Å². The first-order valence-corrected chi connectivity index (χ1v) is 18.7. The van der Waals surface area contributed by atoms with Gasteiger partial charge in [-0.3, -0.25) is 0 Å². The Hall–Kier alpha value is -2.62. The lowest BCUT2D eigenvalue weighted by molar-refractivity contribution is 0.576. The molecule has 0 fully saturated rings. The Morgan fingerprint density at radius 2 is 0.925 bits per heavy atom. The number of hydrogen-bond donors (Lipinski definition) is 2. The first kappa shape index (κ1) is 28.9. The summed E-state index contributed by atoms with van der Waals surface area (Å²) < 4.78 is 110. The summed E-state index contributed by atoms with van der Waals surface area (Å²) in [7, 11) is -16.4. The molecular formula is C26H28N2O8S4. The van der Waals surface area contributed by atoms with Gasteiger partial charge in [0.05, 0.1) is 29.4 Å². The van der Waals surface area contributed by atoms with E-state index in [4.69, 9.17) is 0 Å². The van der Waals surface area contributed by atoms with Crippen LogP contribution in [0.25, 0.3) is 22.3 Å². The van der Waals surface area contributed by atoms with Crippen LogP contribution in [0, 0.1) is 0 Å². The van der Waals surface area contributed by atoms with Gasteiger partial charge in [0.15, 0.2) is 0 Å². The zero-order valence-corrected chi connectivity index (χ0v) is 25.0. The normalized spacial score (nSPS) is 16.2. The molecular weight excluding hydrogens is 597 g/mol. The molecule has 40 heavy (non-hydrogen) atoms. The molecule has 10 nitrogen and oxygen atoms in total. The van der Waals surface area contributed by atoms with Gasteiger partial charge in [-0.2, -0.15) is 0 Å². The molecule has 5 rings (SSSR count). The highest BCUT2D eigenvalue weighted by Crippen LogP contribution is 2.51. The Kier molecular flexibility index (Phi) is 7.25. The van der Waals surface area contributed by atoms with Crippen molar-refractivity contribution in [2.75, 3.05) is 13.1 Å². The van der Waals surface area contributed by atoms with Crippen LogP contribution in [-0.2, 0) is 39.7 Å². The fourth-order valence-electron chi connectivity index (χ4n) is 4.83. The molecule has 0 saturated heterocycles. The molecule has 2 aliphatic heterocycles. The number of nitrogens with one attached hydrogen (secondary N) is 2. The van der Waals surface area contributed by atoms with Gasteiger partial charge in [-0.1, -0.05) is 38.8 Å². The van der Waals surface area contributed by atoms with E-state index in [1.165, 1.54) is 30.3 Å². The second-order valence-electron chi connectivity index (χ2n) is 9.67. The van der Waals surface area contributed by atoms with E-state index in [-0.39, 0.29) is 64.7 Å². The minimum Gasteiger partial charge on any atom is -0.218 e. The van der Waals surface area contributed by atoms with Gasteiger partial charge in [-0.25, -0.2) is 43.1 Å². The van der Waals surface area contributed by atoms with E-state index in [0.717, 1.165) is 31.0 Å². The zero-order valence-electron chi connectivity index (χ0n) is 21.8. The summed E-state index contributed by atoms with van der Waals surface area (Å²) in [5.74, 6) is 0. The van der Waals surface area contributed by atoms with E-state index >= 15 is 0 Å². The summed E-state index contributed by atoms with van der Waals surface area (Å²) in [6.45, 7) is 4.25. The number of hydrogen-bond acceptors (Lipinski definition) is 8. The maximum Gasteiger partial charge on any atom is 0.240 e. The molecule has 0 amide bonds. The van der Waals surface area contributed by atoms with Gasteiger partial charge in [0.1, 0.15) is 0 Å². The molecule has 2 N–H and O–H groups in total. The number of rotatable bonds is 10. The number of unbranched alkanes of at least 4 members (excludes halogenated alkanes) is 2. The van der Waals surface area contributed by atoms with Gasteiger partial charge in [0.25, 0.3) is 0 Å². The summed E-state index contributed by atoms with van der Waals surface area (Å²) in [5, 5.41) is 0. The second kappa shape index (κ2) is 10.0. The molecule has 3 aromatic rings. The van der Waals surface area contributed by atoms with Gasteiger partial charge in [-0.15, -0.1) is 0 Å². The lowest BCUT2D eigenvalue weighted by Gasteiger charge is -2.08. The Balaban J connectivity index is 1.60. The number of benzene rings is 3. The van der Waals surface area contributed by atoms with Crippen molar-refractivity contribution in [2.24, 2.45) is 0 Å². The van der Waals surface area contributed by atoms with E-state index in [9.17, 15) is 33.7 Å². The van der Waals surface area contributed by atoms with Crippen LogP contribution >= 0.6 is 0 Å². The van der Waals surface area contributed by atoms with Crippen LogP contribution < -0.4 is 9.44 Å². The van der Waals surface area contributed by atoms with Crippen molar-refractivity contribution in [1.29, 1.82) is 0 Å². The summed E-state index contributed by atoms with van der Waals surface area (Å²) in [5.41, 5.74) is 1.01. The van der Waals surface area contributed by atoms with Crippen LogP contribution in [0.1, 0.15) is 39.5 Å². The average Bonchev–Trinajstić information content (AvgIpc) is 3.26. The van der Waals surface area contributed by atoms with Crippen molar-refractivity contribution >= 4 is 39.7 Å². The largest absolute Gasteiger partial charge is 0.240 e. The minimum absolute atomic E-state index is 0.203. The smallest absolute Gasteiger partial charge is 0.218 e. The van der Waals surface area contributed by atoms with Crippen LogP contribution in [0.15, 0.2) is 77.9 Å². The van der Waals surface area contributed by atoms with Crippen LogP contribution in [0.3, 0.4) is 0 Å². The average molecular weight is 625 g/mol. The third-order valence-electron chi connectivity index (χ3n) is 6.99. The van der Waals surface area contributed by atoms with Crippen molar-refractivity contribution in [3.05, 3.63) is 48.5 Å². The van der Waals surface area contributed by atoms with Gasteiger partial charge < -0.3 is 0 Å². The molecule has 0 radical (unpaired) electrons. The quantitative estimate of drug-likeness (QED) is 0.223. The molecule has 0 unspecified atom stereocenters. The zero-order chi connectivity index (χ0) is 29.1. The molecule has 0 atom stereocenters. The molecule has 0 spiro atoms. The van der Waals surface area contributed by atoms with E-state index in [2.05, 4.69) is 9.44 Å². The van der Waals surface area contributed by atoms with Crippen LogP contribution in [0.4, 0.5) is 0 Å². The summed E-state index contributed by atoms with van der Waals surface area (Å²) in [6, 6.07) is 10.2. The first-order chi connectivity index (χ1) is 18.8. The lowest BCUT2D eigenvalue weighted by Crippen LogP contribution is -2.24. The van der Waals surface area contributed by atoms with Crippen molar-refractivity contribution in [3.8, 4) is 22.3 Å². The lowest BCUT2D eigenvalue weighted by atomic mass is 9.99. The molecule has 2 heterocycles. The topological polar surface area (TPSA) is 161 Å². The third kappa shape index (κ3) is 4.60. The Bertz CT molecular complexity index is 1840. The van der Waals surface area contributed by atoms with Gasteiger partial charge >= 0.3 is 0 Å². The number of sulfonamides is 2. The molecule has 3 aromatic carbocycles. The van der Waals surface area contributed by atoms with E-state index in [1.54, 1.807) is 0 Å². The minimum atomic E-state index is -4.24. The first-order valence-electron chi connectivity index (χ1n) is 12.7. The highest BCUT2D eigenvalue weighted by atomic mass is 32.2. The molecule has 0 aromatic heterocycles. The highest BCUT2D eigenvalue weighted by molar-refractivity contribution is 7.93. The highest BCUT2D eigenvalue weighted by Gasteiger charge is 2.41. The molecule has 214 valence electrons. The number of fused-ring (bicyclic) bond motifs is 6. The van der Waals surface area contributed by atoms with Gasteiger partial charge in [0.2, 0.25) is 39.7 Å². The number of sulfone groups is 2. The Morgan fingerprint density at radius 1 is 0.550 bits per heavy atom. The predicted molar refractivity (Wildman–Crippen MR) is 148 cm³/mol. The summed E-state index contributed by atoms with van der Waals surface area (Å²) in [4.78, 5) is -1.35. The maximum atomic E-state index is 13.5. The fraction of sp³-hybridized carbons (Fsp3) is 0.308. The monoisotopic (exact) mass is 624 g/mol. The van der Waals surface area contributed by atoms with Gasteiger partial charge in [-0.05, 0) is 49.2 Å². The summed E-state index contributed by atoms with van der Waals surface area (Å²) in [6.07, 6.45) is 2.80. The van der Waals surface area contributed by atoms with Crippen LogP contribution in [-0.4, -0.2) is 46.8 Å². The maximum absolute atomic E-state index is 13.5. The molecule has 0 bridgehead atoms. The van der Waals surface area contributed by atoms with Crippen LogP contribution in [0.5, 0.6) is 0 Å². The van der Waals surface area contributed by atoms with Crippen LogP contribution in [0.2, 0.25) is 0 Å². The molecule has 0 saturated carbocycles. The fourth-order valence-corrected chi connectivity index (χ4v) is 10.7.